The fourth-order valence-electron chi connectivity index (χ4n) is 8.10. The number of nitro groups is 1. The predicted molar refractivity (Wildman–Crippen MR) is 258 cm³/mol. The van der Waals surface area contributed by atoms with Crippen molar-refractivity contribution >= 4 is 59.3 Å². The molecule has 6 rings (SSSR count). The molecule has 1 aliphatic heterocycles. The van der Waals surface area contributed by atoms with E-state index in [9.17, 15) is 48.5 Å². The number of rotatable bonds is 16. The molecule has 3 amide bonds. The lowest BCUT2D eigenvalue weighted by molar-refractivity contribution is -0.384. The SMILES string of the molecule is COC(=O)[C@H]1O[C@@H](C#Cc2cc(NC(=O)C(C)NC(=O)C(NC(=O)OCC3c4ccccc4-c4ccccc43)C(C)C)ccc2COC(=O)Oc2ccc([N+](=O)[O-])cc2)[C@H](OC(C)=O)[C@@H](OC(C)=O)[C@@H]1OC(C)=O. The van der Waals surface area contributed by atoms with E-state index < -0.39 is 108 Å². The minimum atomic E-state index is -1.76. The van der Waals surface area contributed by atoms with Crippen LogP contribution in [0.5, 0.6) is 5.75 Å². The Morgan fingerprint density at radius 1 is 0.730 bits per heavy atom. The van der Waals surface area contributed by atoms with Crippen LogP contribution in [0.1, 0.15) is 69.7 Å². The van der Waals surface area contributed by atoms with Crippen LogP contribution in [-0.2, 0) is 68.5 Å². The largest absolute Gasteiger partial charge is 0.514 e. The van der Waals surface area contributed by atoms with Gasteiger partial charge in [-0.1, -0.05) is 80.3 Å². The van der Waals surface area contributed by atoms with Crippen LogP contribution in [0.15, 0.2) is 91.0 Å². The smallest absolute Gasteiger partial charge is 0.467 e. The van der Waals surface area contributed by atoms with Crippen molar-refractivity contribution in [3.63, 3.8) is 0 Å². The molecule has 74 heavy (non-hydrogen) atoms. The van der Waals surface area contributed by atoms with Gasteiger partial charge in [-0.15, -0.1) is 0 Å². The van der Waals surface area contributed by atoms with Gasteiger partial charge in [-0.3, -0.25) is 34.1 Å². The average molecular weight is 1020 g/mol. The summed E-state index contributed by atoms with van der Waals surface area (Å²) in [4.78, 5) is 114. The molecule has 1 saturated heterocycles. The predicted octanol–water partition coefficient (Wildman–Crippen LogP) is 5.40. The third-order valence-electron chi connectivity index (χ3n) is 11.5. The van der Waals surface area contributed by atoms with Crippen molar-refractivity contribution in [2.45, 2.75) is 96.7 Å². The number of methoxy groups -OCH3 is 1. The van der Waals surface area contributed by atoms with E-state index in [-0.39, 0.29) is 40.8 Å². The van der Waals surface area contributed by atoms with Gasteiger partial charge < -0.3 is 53.8 Å². The van der Waals surface area contributed by atoms with E-state index in [2.05, 4.69) is 27.8 Å². The quantitative estimate of drug-likeness (QED) is 0.0316. The van der Waals surface area contributed by atoms with E-state index in [1.165, 1.54) is 37.3 Å². The van der Waals surface area contributed by atoms with Crippen molar-refractivity contribution in [2.75, 3.05) is 19.0 Å². The van der Waals surface area contributed by atoms with Crippen LogP contribution < -0.4 is 20.7 Å². The molecule has 0 bridgehead atoms. The Balaban J connectivity index is 1.21. The average Bonchev–Trinajstić information content (AvgIpc) is 3.67. The number of hydrogen-bond donors (Lipinski definition) is 3. The van der Waals surface area contributed by atoms with Gasteiger partial charge in [-0.05, 0) is 59.4 Å². The highest BCUT2D eigenvalue weighted by molar-refractivity contribution is 5.98. The highest BCUT2D eigenvalue weighted by atomic mass is 16.7. The molecule has 0 saturated carbocycles. The molecule has 22 nitrogen and oxygen atoms in total. The van der Waals surface area contributed by atoms with Gasteiger partial charge in [0.25, 0.3) is 5.69 Å². The van der Waals surface area contributed by atoms with Crippen molar-refractivity contribution < 1.29 is 81.2 Å². The van der Waals surface area contributed by atoms with Crippen molar-refractivity contribution in [1.29, 1.82) is 0 Å². The Kier molecular flexibility index (Phi) is 18.1. The van der Waals surface area contributed by atoms with Gasteiger partial charge in [0, 0.05) is 55.6 Å². The first-order valence-corrected chi connectivity index (χ1v) is 23.0. The molecular weight excluding hydrogens is 969 g/mol. The summed E-state index contributed by atoms with van der Waals surface area (Å²) < 4.78 is 43.2. The van der Waals surface area contributed by atoms with E-state index in [1.54, 1.807) is 13.8 Å². The number of esters is 4. The van der Waals surface area contributed by atoms with Crippen LogP contribution in [0.2, 0.25) is 0 Å². The number of carbonyl (C=O) groups excluding carboxylic acids is 8. The molecule has 0 spiro atoms. The van der Waals surface area contributed by atoms with Crippen LogP contribution in [-0.4, -0.2) is 109 Å². The number of hydrogen-bond acceptors (Lipinski definition) is 18. The number of nitrogens with zero attached hydrogens (tertiary/aromatic N) is 1. The standard InChI is InChI=1S/C52H52N4O18/c1-27(2)43(55-51(63)68-26-41-39-14-10-8-12-37(39)38-13-9-11-15-40(38)41)49(61)53-28(3)48(60)54-34-18-16-33(25-69-52(64)73-36-21-19-35(20-22-36)56(65)66)32(24-34)17-23-42-44(70-29(4)57)45(71-30(5)58)46(72-31(6)59)47(74-42)50(62)67-7/h8-16,18-22,24,27-28,41-47H,25-26H2,1-7H3,(H,53,61)(H,54,60)(H,55,63)/t28?,42-,43?,44-,45+,46-,47-/m0/s1. The number of nitro benzene ring substituents is 1. The summed E-state index contributed by atoms with van der Waals surface area (Å²) in [5.74, 6) is -0.400. The number of amides is 3. The molecule has 0 radical (unpaired) electrons. The molecule has 7 atom stereocenters. The number of anilines is 1. The summed E-state index contributed by atoms with van der Waals surface area (Å²) in [5.41, 5.74) is 4.15. The van der Waals surface area contributed by atoms with Crippen LogP contribution >= 0.6 is 0 Å². The molecule has 3 N–H and O–H groups in total. The van der Waals surface area contributed by atoms with Crippen LogP contribution in [0.3, 0.4) is 0 Å². The first-order valence-electron chi connectivity index (χ1n) is 23.0. The molecular formula is C52H52N4O18. The Hall–Kier alpha value is -8.84. The second kappa shape index (κ2) is 24.5. The lowest BCUT2D eigenvalue weighted by Crippen LogP contribution is -2.63. The molecule has 4 aromatic carbocycles. The molecule has 2 aliphatic rings. The lowest BCUT2D eigenvalue weighted by atomic mass is 9.93. The maximum absolute atomic E-state index is 13.7. The van der Waals surface area contributed by atoms with Crippen molar-refractivity contribution in [1.82, 2.24) is 10.6 Å². The van der Waals surface area contributed by atoms with Gasteiger partial charge in [0.15, 0.2) is 30.5 Å². The van der Waals surface area contributed by atoms with E-state index in [0.717, 1.165) is 62.3 Å². The second-order valence-electron chi connectivity index (χ2n) is 17.2. The van der Waals surface area contributed by atoms with Gasteiger partial charge in [-0.25, -0.2) is 14.4 Å². The summed E-state index contributed by atoms with van der Waals surface area (Å²) in [6, 6.07) is 22.1. The van der Waals surface area contributed by atoms with Gasteiger partial charge in [0.1, 0.15) is 31.0 Å². The van der Waals surface area contributed by atoms with E-state index >= 15 is 0 Å². The van der Waals surface area contributed by atoms with Gasteiger partial charge in [0.05, 0.1) is 12.0 Å². The van der Waals surface area contributed by atoms with Crippen LogP contribution in [0.25, 0.3) is 11.1 Å². The van der Waals surface area contributed by atoms with Crippen LogP contribution in [0, 0.1) is 27.9 Å². The fraction of sp³-hybridized carbons (Fsp3) is 0.346. The minimum absolute atomic E-state index is 0.00839. The van der Waals surface area contributed by atoms with Crippen molar-refractivity contribution in [3.8, 4) is 28.7 Å². The Labute approximate surface area is 423 Å². The maximum Gasteiger partial charge on any atom is 0.514 e. The Bertz CT molecular complexity index is 2830. The highest BCUT2D eigenvalue weighted by Crippen LogP contribution is 2.44. The second-order valence-corrected chi connectivity index (χ2v) is 17.2. The van der Waals surface area contributed by atoms with Crippen LogP contribution in [0.4, 0.5) is 21.0 Å². The van der Waals surface area contributed by atoms with E-state index in [0.29, 0.717) is 0 Å². The van der Waals surface area contributed by atoms with E-state index in [1.807, 2.05) is 48.5 Å². The summed E-state index contributed by atoms with van der Waals surface area (Å²) in [7, 11) is 1.02. The first kappa shape index (κ1) is 54.5. The molecule has 2 unspecified atom stereocenters. The monoisotopic (exact) mass is 1020 g/mol. The summed E-state index contributed by atoms with van der Waals surface area (Å²) in [6.07, 6.45) is -10.4. The van der Waals surface area contributed by atoms with Crippen molar-refractivity contribution in [2.24, 2.45) is 5.92 Å². The Morgan fingerprint density at radius 2 is 1.32 bits per heavy atom. The highest BCUT2D eigenvalue weighted by Gasteiger charge is 2.54. The van der Waals surface area contributed by atoms with Gasteiger partial charge >= 0.3 is 36.1 Å². The zero-order valence-electron chi connectivity index (χ0n) is 41.1. The molecule has 1 fully saturated rings. The molecule has 4 aromatic rings. The molecule has 388 valence electrons. The van der Waals surface area contributed by atoms with Gasteiger partial charge in [0.2, 0.25) is 11.8 Å². The van der Waals surface area contributed by atoms with Crippen molar-refractivity contribution in [3.05, 3.63) is 123 Å². The number of non-ortho nitro benzene ring substituents is 1. The maximum atomic E-state index is 13.7. The number of carbonyl (C=O) groups is 8. The Morgan fingerprint density at radius 3 is 1.91 bits per heavy atom. The first-order chi connectivity index (χ1) is 35.2. The topological polar surface area (TPSA) is 290 Å². The zero-order valence-corrected chi connectivity index (χ0v) is 41.1. The third kappa shape index (κ3) is 13.8. The molecule has 22 heteroatoms. The summed E-state index contributed by atoms with van der Waals surface area (Å²) in [5, 5.41) is 19.0. The van der Waals surface area contributed by atoms with E-state index in [4.69, 9.17) is 37.9 Å². The lowest BCUT2D eigenvalue weighted by Gasteiger charge is -2.42. The van der Waals surface area contributed by atoms with Gasteiger partial charge in [-0.2, -0.15) is 0 Å². The number of benzene rings is 4. The molecule has 1 heterocycles. The minimum Gasteiger partial charge on any atom is -0.467 e. The summed E-state index contributed by atoms with van der Waals surface area (Å²) >= 11 is 0. The summed E-state index contributed by atoms with van der Waals surface area (Å²) in [6.45, 7) is 7.38. The fourth-order valence-corrected chi connectivity index (χ4v) is 8.10. The number of fused-ring (bicyclic) bond motifs is 3. The number of alkyl carbamates (subject to hydrolysis) is 1. The third-order valence-corrected chi connectivity index (χ3v) is 11.5. The number of nitrogens with one attached hydrogen (secondary N) is 3. The molecule has 0 aromatic heterocycles. The number of ether oxygens (including phenoxy) is 8. The molecule has 1 aliphatic carbocycles. The zero-order chi connectivity index (χ0) is 53.8. The normalized spacial score (nSPS) is 18.2.